The molecule has 0 saturated carbocycles. The predicted molar refractivity (Wildman–Crippen MR) is 72.6 cm³/mol. The minimum Gasteiger partial charge on any atom is -0.323 e. The third-order valence-corrected chi connectivity index (χ3v) is 4.50. The van der Waals surface area contributed by atoms with Crippen molar-refractivity contribution in [2.75, 3.05) is 18.4 Å². The Kier molecular flexibility index (Phi) is 3.05. The van der Waals surface area contributed by atoms with Gasteiger partial charge in [0.15, 0.2) is 0 Å². The van der Waals surface area contributed by atoms with Gasteiger partial charge in [-0.2, -0.15) is 0 Å². The van der Waals surface area contributed by atoms with Crippen LogP contribution in [0.3, 0.4) is 0 Å². The second-order valence-electron chi connectivity index (χ2n) is 6.01. The lowest BCUT2D eigenvalue weighted by atomic mass is 9.74. The van der Waals surface area contributed by atoms with Crippen LogP contribution in [-0.2, 0) is 10.2 Å². The number of fused-ring (bicyclic) bond motifs is 2. The number of nitrogens with zero attached hydrogens (tertiary/aromatic N) is 1. The largest absolute Gasteiger partial charge is 0.323 e. The molecule has 20 heavy (non-hydrogen) atoms. The summed E-state index contributed by atoms with van der Waals surface area (Å²) in [5.74, 6) is -1.52. The lowest BCUT2D eigenvalue weighted by Crippen LogP contribution is -2.52. The molecule has 0 radical (unpaired) electrons. The summed E-state index contributed by atoms with van der Waals surface area (Å²) in [7, 11) is 0. The Morgan fingerprint density at radius 3 is 2.80 bits per heavy atom. The van der Waals surface area contributed by atoms with Gasteiger partial charge in [-0.1, -0.05) is 0 Å². The van der Waals surface area contributed by atoms with Crippen LogP contribution in [0, 0.1) is 11.6 Å². The van der Waals surface area contributed by atoms with Gasteiger partial charge in [0.25, 0.3) is 0 Å². The quantitative estimate of drug-likeness (QED) is 0.857. The van der Waals surface area contributed by atoms with E-state index in [9.17, 15) is 13.6 Å². The van der Waals surface area contributed by atoms with Crippen LogP contribution in [0.4, 0.5) is 14.5 Å². The minimum atomic E-state index is -0.805. The van der Waals surface area contributed by atoms with Gasteiger partial charge in [0.05, 0.1) is 11.1 Å². The number of hydrogen-bond acceptors (Lipinski definition) is 2. The summed E-state index contributed by atoms with van der Waals surface area (Å²) >= 11 is 0. The molecule has 3 rings (SSSR count). The van der Waals surface area contributed by atoms with Crippen LogP contribution in [0.25, 0.3) is 0 Å². The highest BCUT2D eigenvalue weighted by Crippen LogP contribution is 2.45. The van der Waals surface area contributed by atoms with Crippen LogP contribution in [0.5, 0.6) is 0 Å². The summed E-state index contributed by atoms with van der Waals surface area (Å²) in [5, 5.41) is 2.61. The number of nitrogens with one attached hydrogen (secondary N) is 1. The first-order valence-corrected chi connectivity index (χ1v) is 6.99. The molecule has 0 unspecified atom stereocenters. The van der Waals surface area contributed by atoms with Crippen LogP contribution in [0.2, 0.25) is 0 Å². The van der Waals surface area contributed by atoms with Crippen molar-refractivity contribution >= 4 is 11.6 Å². The molecule has 1 N–H and O–H groups in total. The van der Waals surface area contributed by atoms with Gasteiger partial charge in [-0.05, 0) is 44.9 Å². The lowest BCUT2D eigenvalue weighted by Gasteiger charge is -2.41. The normalized spacial score (nSPS) is 26.1. The number of benzene rings is 1. The molecule has 1 aromatic rings. The van der Waals surface area contributed by atoms with Crippen LogP contribution >= 0.6 is 0 Å². The zero-order valence-corrected chi connectivity index (χ0v) is 11.7. The Morgan fingerprint density at radius 2 is 2.10 bits per heavy atom. The van der Waals surface area contributed by atoms with Gasteiger partial charge in [-0.3, -0.25) is 9.69 Å². The summed E-state index contributed by atoms with van der Waals surface area (Å²) < 4.78 is 27.4. The Balaban J connectivity index is 2.09. The van der Waals surface area contributed by atoms with Gasteiger partial charge in [0.2, 0.25) is 5.91 Å². The predicted octanol–water partition coefficient (Wildman–Crippen LogP) is 2.66. The van der Waals surface area contributed by atoms with E-state index >= 15 is 0 Å². The molecule has 1 spiro atoms. The molecule has 1 atom stereocenters. The number of hydrogen-bond donors (Lipinski definition) is 1. The van der Waals surface area contributed by atoms with Gasteiger partial charge in [-0.25, -0.2) is 8.78 Å². The molecular formula is C15H18F2N2O. The zero-order valence-electron chi connectivity index (χ0n) is 11.7. The molecule has 108 valence electrons. The summed E-state index contributed by atoms with van der Waals surface area (Å²) in [5.41, 5.74) is -0.173. The molecule has 1 aromatic carbocycles. The third kappa shape index (κ3) is 1.84. The Labute approximate surface area is 117 Å². The Morgan fingerprint density at radius 1 is 1.35 bits per heavy atom. The molecule has 0 aliphatic carbocycles. The van der Waals surface area contributed by atoms with Crippen molar-refractivity contribution in [2.24, 2.45) is 0 Å². The van der Waals surface area contributed by atoms with Crippen molar-refractivity contribution in [2.45, 2.75) is 38.1 Å². The van der Waals surface area contributed by atoms with E-state index in [2.05, 4.69) is 24.1 Å². The summed E-state index contributed by atoms with van der Waals surface area (Å²) in [6.07, 6.45) is 1.49. The first-order chi connectivity index (χ1) is 9.44. The molecule has 2 aliphatic rings. The number of carbonyl (C=O) groups is 1. The van der Waals surface area contributed by atoms with Crippen molar-refractivity contribution in [3.8, 4) is 0 Å². The van der Waals surface area contributed by atoms with Crippen molar-refractivity contribution in [1.29, 1.82) is 0 Å². The number of likely N-dealkylation sites (tertiary alicyclic amines) is 1. The number of halogens is 2. The molecule has 2 heterocycles. The highest BCUT2D eigenvalue weighted by Gasteiger charge is 2.50. The van der Waals surface area contributed by atoms with E-state index in [0.717, 1.165) is 19.0 Å². The number of carbonyl (C=O) groups excluding carboxylic acids is 1. The van der Waals surface area contributed by atoms with Crippen molar-refractivity contribution in [3.05, 3.63) is 29.3 Å². The minimum absolute atomic E-state index is 0.155. The second-order valence-corrected chi connectivity index (χ2v) is 6.01. The summed E-state index contributed by atoms with van der Waals surface area (Å²) in [6.45, 7) is 5.57. The molecule has 5 heteroatoms. The van der Waals surface area contributed by atoms with E-state index in [1.165, 1.54) is 6.07 Å². The number of amides is 1. The second kappa shape index (κ2) is 4.52. The molecule has 1 saturated heterocycles. The van der Waals surface area contributed by atoms with Crippen molar-refractivity contribution in [3.63, 3.8) is 0 Å². The molecule has 0 aromatic heterocycles. The van der Waals surface area contributed by atoms with E-state index in [1.807, 2.05) is 0 Å². The molecule has 1 amide bonds. The molecule has 1 fully saturated rings. The molecule has 3 nitrogen and oxygen atoms in total. The maximum Gasteiger partial charge on any atom is 0.236 e. The highest BCUT2D eigenvalue weighted by atomic mass is 19.1. The van der Waals surface area contributed by atoms with Crippen molar-refractivity contribution < 1.29 is 13.6 Å². The van der Waals surface area contributed by atoms with Crippen LogP contribution in [0.15, 0.2) is 12.1 Å². The van der Waals surface area contributed by atoms with Gasteiger partial charge < -0.3 is 5.32 Å². The SMILES string of the molecule is CC(C)N1CCC[C@@]2(C1)C(=O)Nc1c(F)cc(F)cc12. The van der Waals surface area contributed by atoms with Crippen LogP contribution in [-0.4, -0.2) is 29.9 Å². The first kappa shape index (κ1) is 13.5. The maximum atomic E-state index is 13.9. The monoisotopic (exact) mass is 280 g/mol. The van der Waals surface area contributed by atoms with Crippen LogP contribution in [0.1, 0.15) is 32.3 Å². The fourth-order valence-corrected chi connectivity index (χ4v) is 3.37. The van der Waals surface area contributed by atoms with E-state index in [0.29, 0.717) is 24.6 Å². The first-order valence-electron chi connectivity index (χ1n) is 6.99. The third-order valence-electron chi connectivity index (χ3n) is 4.50. The lowest BCUT2D eigenvalue weighted by molar-refractivity contribution is -0.123. The Hall–Kier alpha value is -1.49. The average molecular weight is 280 g/mol. The molecule has 0 bridgehead atoms. The van der Waals surface area contributed by atoms with Gasteiger partial charge in [0.1, 0.15) is 11.6 Å². The number of anilines is 1. The average Bonchev–Trinajstić information content (AvgIpc) is 2.65. The van der Waals surface area contributed by atoms with E-state index in [4.69, 9.17) is 0 Å². The van der Waals surface area contributed by atoms with Gasteiger partial charge in [0, 0.05) is 18.7 Å². The zero-order chi connectivity index (χ0) is 14.5. The standard InChI is InChI=1S/C15H18F2N2O/c1-9(2)19-5-3-4-15(8-19)11-6-10(16)7-12(17)13(11)18-14(15)20/h6-7,9H,3-5,8H2,1-2H3,(H,18,20)/t15-/m0/s1. The maximum absolute atomic E-state index is 13.9. The smallest absolute Gasteiger partial charge is 0.236 e. The fourth-order valence-electron chi connectivity index (χ4n) is 3.37. The molecular weight excluding hydrogens is 262 g/mol. The topological polar surface area (TPSA) is 32.3 Å². The highest BCUT2D eigenvalue weighted by molar-refractivity contribution is 6.06. The van der Waals surface area contributed by atoms with E-state index in [1.54, 1.807) is 0 Å². The van der Waals surface area contributed by atoms with Gasteiger partial charge in [-0.15, -0.1) is 0 Å². The fraction of sp³-hybridized carbons (Fsp3) is 0.533. The number of piperidine rings is 1. The Bertz CT molecular complexity index is 573. The summed E-state index contributed by atoms with van der Waals surface area (Å²) in [4.78, 5) is 14.6. The van der Waals surface area contributed by atoms with E-state index in [-0.39, 0.29) is 11.6 Å². The number of rotatable bonds is 1. The van der Waals surface area contributed by atoms with Crippen molar-refractivity contribution in [1.82, 2.24) is 4.90 Å². The van der Waals surface area contributed by atoms with Gasteiger partial charge >= 0.3 is 0 Å². The van der Waals surface area contributed by atoms with E-state index < -0.39 is 17.0 Å². The molecule has 2 aliphatic heterocycles. The summed E-state index contributed by atoms with van der Waals surface area (Å²) in [6, 6.07) is 2.43. The van der Waals surface area contributed by atoms with Crippen LogP contribution < -0.4 is 5.32 Å².